The molecule has 1 aliphatic carbocycles. The van der Waals surface area contributed by atoms with Crippen molar-refractivity contribution < 1.29 is 9.90 Å². The van der Waals surface area contributed by atoms with Gasteiger partial charge in [0.15, 0.2) is 0 Å². The topological polar surface area (TPSA) is 37.3 Å². The van der Waals surface area contributed by atoms with E-state index in [1.165, 1.54) is 96.3 Å². The van der Waals surface area contributed by atoms with Crippen LogP contribution in [0, 0.1) is 5.92 Å². The van der Waals surface area contributed by atoms with E-state index in [0.29, 0.717) is 6.42 Å². The van der Waals surface area contributed by atoms with E-state index in [2.05, 4.69) is 0 Å². The highest BCUT2D eigenvalue weighted by molar-refractivity contribution is 5.66. The van der Waals surface area contributed by atoms with Gasteiger partial charge in [0.25, 0.3) is 0 Å². The minimum Gasteiger partial charge on any atom is -0.481 e. The average molecular weight is 311 g/mol. The third-order valence-corrected chi connectivity index (χ3v) is 5.23. The smallest absolute Gasteiger partial charge is 0.303 e. The molecule has 0 heterocycles. The van der Waals surface area contributed by atoms with Crippen molar-refractivity contribution in [3.8, 4) is 0 Å². The summed E-state index contributed by atoms with van der Waals surface area (Å²) >= 11 is 0. The summed E-state index contributed by atoms with van der Waals surface area (Å²) in [6, 6.07) is 0. The number of carbonyl (C=O) groups is 1. The molecular formula is C20H38O2. The van der Waals surface area contributed by atoms with Crippen LogP contribution in [-0.2, 0) is 4.79 Å². The highest BCUT2D eigenvalue weighted by Gasteiger charge is 2.11. The Morgan fingerprint density at radius 1 is 0.682 bits per heavy atom. The van der Waals surface area contributed by atoms with Crippen LogP contribution in [0.1, 0.15) is 116 Å². The number of aliphatic carboxylic acids is 1. The molecule has 0 aromatic rings. The molecule has 0 atom stereocenters. The van der Waals surface area contributed by atoms with Crippen molar-refractivity contribution >= 4 is 5.97 Å². The largest absolute Gasteiger partial charge is 0.481 e. The molecular weight excluding hydrogens is 272 g/mol. The van der Waals surface area contributed by atoms with Crippen molar-refractivity contribution in [1.82, 2.24) is 0 Å². The Bertz CT molecular complexity index is 254. The van der Waals surface area contributed by atoms with Crippen molar-refractivity contribution in [3.63, 3.8) is 0 Å². The van der Waals surface area contributed by atoms with Gasteiger partial charge in [0, 0.05) is 6.42 Å². The fourth-order valence-electron chi connectivity index (χ4n) is 3.78. The van der Waals surface area contributed by atoms with Crippen molar-refractivity contribution in [3.05, 3.63) is 0 Å². The first kappa shape index (κ1) is 19.5. The second kappa shape index (κ2) is 14.1. The summed E-state index contributed by atoms with van der Waals surface area (Å²) in [4.78, 5) is 10.4. The normalized spacial score (nSPS) is 16.5. The van der Waals surface area contributed by atoms with Crippen molar-refractivity contribution in [2.24, 2.45) is 5.92 Å². The quantitative estimate of drug-likeness (QED) is 0.303. The third-order valence-electron chi connectivity index (χ3n) is 5.23. The fourth-order valence-corrected chi connectivity index (χ4v) is 3.78. The Hall–Kier alpha value is -0.530. The number of carboxylic acid groups (broad SMARTS) is 1. The summed E-state index contributed by atoms with van der Waals surface area (Å²) in [5.41, 5.74) is 0. The molecule has 0 radical (unpaired) electrons. The molecule has 0 bridgehead atoms. The van der Waals surface area contributed by atoms with E-state index < -0.39 is 5.97 Å². The van der Waals surface area contributed by atoms with Gasteiger partial charge in [0.05, 0.1) is 0 Å². The Labute approximate surface area is 138 Å². The maximum atomic E-state index is 10.4. The number of carboxylic acids is 1. The van der Waals surface area contributed by atoms with E-state index in [4.69, 9.17) is 5.11 Å². The molecule has 0 spiro atoms. The number of hydrogen-bond acceptors (Lipinski definition) is 1. The highest BCUT2D eigenvalue weighted by Crippen LogP contribution is 2.27. The number of hydrogen-bond donors (Lipinski definition) is 1. The summed E-state index contributed by atoms with van der Waals surface area (Å²) in [5, 5.41) is 8.55. The molecule has 0 aromatic heterocycles. The molecule has 1 saturated carbocycles. The Morgan fingerprint density at radius 3 is 1.64 bits per heavy atom. The van der Waals surface area contributed by atoms with Gasteiger partial charge in [-0.25, -0.2) is 0 Å². The molecule has 0 saturated heterocycles. The molecule has 1 fully saturated rings. The van der Waals surface area contributed by atoms with Gasteiger partial charge in [-0.05, 0) is 12.3 Å². The summed E-state index contributed by atoms with van der Waals surface area (Å²) in [7, 11) is 0. The molecule has 2 nitrogen and oxygen atoms in total. The maximum Gasteiger partial charge on any atom is 0.303 e. The molecule has 0 amide bonds. The van der Waals surface area contributed by atoms with Crippen LogP contribution in [0.5, 0.6) is 0 Å². The zero-order valence-electron chi connectivity index (χ0n) is 14.7. The lowest BCUT2D eigenvalue weighted by molar-refractivity contribution is -0.137. The van der Waals surface area contributed by atoms with E-state index in [1.807, 2.05) is 0 Å². The SMILES string of the molecule is O=C(O)CCCCCCCCCCCCC1CCCCCC1. The minimum atomic E-state index is -0.649. The van der Waals surface area contributed by atoms with E-state index in [1.54, 1.807) is 0 Å². The minimum absolute atomic E-state index is 0.348. The molecule has 0 aromatic carbocycles. The monoisotopic (exact) mass is 310 g/mol. The van der Waals surface area contributed by atoms with Gasteiger partial charge in [-0.2, -0.15) is 0 Å². The third kappa shape index (κ3) is 12.1. The number of unbranched alkanes of at least 4 members (excludes halogenated alkanes) is 9. The molecule has 0 unspecified atom stereocenters. The first-order valence-corrected chi connectivity index (χ1v) is 10.0. The van der Waals surface area contributed by atoms with Gasteiger partial charge < -0.3 is 5.11 Å². The molecule has 1 rings (SSSR count). The van der Waals surface area contributed by atoms with Crippen molar-refractivity contribution in [2.45, 2.75) is 116 Å². The standard InChI is InChI=1S/C20H38O2/c21-20(22)18-14-8-6-4-2-1-3-5-7-11-15-19-16-12-9-10-13-17-19/h19H,1-18H2,(H,21,22). The molecule has 1 aliphatic rings. The molecule has 0 aliphatic heterocycles. The van der Waals surface area contributed by atoms with E-state index in [-0.39, 0.29) is 0 Å². The van der Waals surface area contributed by atoms with Crippen molar-refractivity contribution in [2.75, 3.05) is 0 Å². The zero-order chi connectivity index (χ0) is 15.9. The number of rotatable bonds is 13. The molecule has 1 N–H and O–H groups in total. The van der Waals surface area contributed by atoms with Gasteiger partial charge in [0.1, 0.15) is 0 Å². The van der Waals surface area contributed by atoms with Gasteiger partial charge in [-0.1, -0.05) is 103 Å². The molecule has 22 heavy (non-hydrogen) atoms. The van der Waals surface area contributed by atoms with Gasteiger partial charge in [-0.3, -0.25) is 4.79 Å². The first-order chi connectivity index (χ1) is 10.8. The summed E-state index contributed by atoms with van der Waals surface area (Å²) in [6.45, 7) is 0. The van der Waals surface area contributed by atoms with E-state index in [9.17, 15) is 4.79 Å². The maximum absolute atomic E-state index is 10.4. The summed E-state index contributed by atoms with van der Waals surface area (Å²) in [6.07, 6.45) is 23.7. The lowest BCUT2D eigenvalue weighted by Gasteiger charge is -2.13. The Balaban J connectivity index is 1.75. The second-order valence-corrected chi connectivity index (χ2v) is 7.33. The van der Waals surface area contributed by atoms with E-state index >= 15 is 0 Å². The lowest BCUT2D eigenvalue weighted by atomic mass is 9.93. The summed E-state index contributed by atoms with van der Waals surface area (Å²) < 4.78 is 0. The van der Waals surface area contributed by atoms with Crippen LogP contribution in [0.4, 0.5) is 0 Å². The predicted molar refractivity (Wildman–Crippen MR) is 94.2 cm³/mol. The highest BCUT2D eigenvalue weighted by atomic mass is 16.4. The molecule has 130 valence electrons. The van der Waals surface area contributed by atoms with Crippen LogP contribution in [-0.4, -0.2) is 11.1 Å². The Morgan fingerprint density at radius 2 is 1.14 bits per heavy atom. The lowest BCUT2D eigenvalue weighted by Crippen LogP contribution is -1.98. The van der Waals surface area contributed by atoms with Crippen LogP contribution in [0.25, 0.3) is 0 Å². The van der Waals surface area contributed by atoms with Crippen LogP contribution in [0.15, 0.2) is 0 Å². The van der Waals surface area contributed by atoms with E-state index in [0.717, 1.165) is 18.8 Å². The average Bonchev–Trinajstić information content (AvgIpc) is 2.77. The van der Waals surface area contributed by atoms with Crippen LogP contribution in [0.2, 0.25) is 0 Å². The predicted octanol–water partition coefficient (Wildman–Crippen LogP) is 6.72. The van der Waals surface area contributed by atoms with Crippen LogP contribution >= 0.6 is 0 Å². The first-order valence-electron chi connectivity index (χ1n) is 10.0. The van der Waals surface area contributed by atoms with Gasteiger partial charge >= 0.3 is 5.97 Å². The van der Waals surface area contributed by atoms with Crippen LogP contribution < -0.4 is 0 Å². The van der Waals surface area contributed by atoms with Crippen LogP contribution in [0.3, 0.4) is 0 Å². The zero-order valence-corrected chi connectivity index (χ0v) is 14.7. The van der Waals surface area contributed by atoms with Gasteiger partial charge in [0.2, 0.25) is 0 Å². The van der Waals surface area contributed by atoms with Crippen molar-refractivity contribution in [1.29, 1.82) is 0 Å². The van der Waals surface area contributed by atoms with Gasteiger partial charge in [-0.15, -0.1) is 0 Å². The molecule has 2 heteroatoms. The Kier molecular flexibility index (Phi) is 12.5. The summed E-state index contributed by atoms with van der Waals surface area (Å²) in [5.74, 6) is 0.400. The fraction of sp³-hybridized carbons (Fsp3) is 0.950. The second-order valence-electron chi connectivity index (χ2n) is 7.33.